The van der Waals surface area contributed by atoms with Crippen molar-refractivity contribution in [3.8, 4) is 0 Å². The van der Waals surface area contributed by atoms with Gasteiger partial charge in [0, 0.05) is 12.2 Å². The number of hydrogen-bond donors (Lipinski definition) is 2. The molecule has 0 aliphatic heterocycles. The van der Waals surface area contributed by atoms with E-state index in [1.807, 2.05) is 67.6 Å². The van der Waals surface area contributed by atoms with Crippen molar-refractivity contribution in [2.75, 3.05) is 11.9 Å². The predicted octanol–water partition coefficient (Wildman–Crippen LogP) is 3.40. The van der Waals surface area contributed by atoms with Crippen molar-refractivity contribution in [2.45, 2.75) is 18.9 Å². The van der Waals surface area contributed by atoms with Crippen LogP contribution in [0, 0.1) is 0 Å². The first kappa shape index (κ1) is 12.7. The summed E-state index contributed by atoms with van der Waals surface area (Å²) in [5.41, 5.74) is 1.16. The molecule has 0 saturated heterocycles. The average molecular weight is 241 g/mol. The van der Waals surface area contributed by atoms with Gasteiger partial charge in [0.25, 0.3) is 0 Å². The Morgan fingerprint density at radius 3 is 2.06 bits per heavy atom. The fourth-order valence-electron chi connectivity index (χ4n) is 1.98. The number of para-hydroxylation sites is 1. The molecule has 18 heavy (non-hydrogen) atoms. The topological polar surface area (TPSA) is 32.3 Å². The van der Waals surface area contributed by atoms with E-state index in [1.165, 1.54) is 0 Å². The van der Waals surface area contributed by atoms with E-state index in [0.717, 1.165) is 11.3 Å². The minimum Gasteiger partial charge on any atom is -0.383 e. The molecule has 0 saturated carbocycles. The lowest BCUT2D eigenvalue weighted by Crippen LogP contribution is -2.33. The summed E-state index contributed by atoms with van der Waals surface area (Å²) in [6.45, 7) is 2.51. The Morgan fingerprint density at radius 1 is 0.944 bits per heavy atom. The summed E-state index contributed by atoms with van der Waals surface area (Å²) >= 11 is 0. The minimum atomic E-state index is -0.822. The molecule has 2 aromatic carbocycles. The van der Waals surface area contributed by atoms with Crippen LogP contribution in [0.1, 0.15) is 18.9 Å². The molecule has 2 aromatic rings. The average Bonchev–Trinajstić information content (AvgIpc) is 2.47. The molecule has 0 spiro atoms. The molecule has 0 fully saturated rings. The van der Waals surface area contributed by atoms with Crippen LogP contribution in [0.2, 0.25) is 0 Å². The van der Waals surface area contributed by atoms with Crippen molar-refractivity contribution in [1.82, 2.24) is 0 Å². The van der Waals surface area contributed by atoms with Crippen molar-refractivity contribution < 1.29 is 5.11 Å². The standard InChI is InChI=1S/C16H19NO/c1-2-16(18,14-9-5-3-6-10-14)13-17-15-11-7-4-8-12-15/h3-12,17-18H,2,13H2,1H3. The minimum absolute atomic E-state index is 0.511. The van der Waals surface area contributed by atoms with E-state index in [2.05, 4.69) is 5.32 Å². The molecule has 94 valence electrons. The van der Waals surface area contributed by atoms with Crippen LogP contribution in [0.25, 0.3) is 0 Å². The van der Waals surface area contributed by atoms with Gasteiger partial charge in [-0.05, 0) is 24.1 Å². The smallest absolute Gasteiger partial charge is 0.106 e. The fraction of sp³-hybridized carbons (Fsp3) is 0.250. The van der Waals surface area contributed by atoms with Gasteiger partial charge < -0.3 is 10.4 Å². The van der Waals surface area contributed by atoms with Crippen LogP contribution in [0.15, 0.2) is 60.7 Å². The summed E-state index contributed by atoms with van der Waals surface area (Å²) < 4.78 is 0. The predicted molar refractivity (Wildman–Crippen MR) is 75.6 cm³/mol. The van der Waals surface area contributed by atoms with E-state index in [-0.39, 0.29) is 0 Å². The van der Waals surface area contributed by atoms with Crippen LogP contribution in [-0.4, -0.2) is 11.7 Å². The van der Waals surface area contributed by atoms with Gasteiger partial charge in [0.05, 0.1) is 0 Å². The number of aliphatic hydroxyl groups is 1. The molecule has 2 nitrogen and oxygen atoms in total. The Labute approximate surface area is 108 Å². The van der Waals surface area contributed by atoms with E-state index in [1.54, 1.807) is 0 Å². The molecule has 0 aliphatic carbocycles. The summed E-state index contributed by atoms with van der Waals surface area (Å²) in [5, 5.41) is 14.0. The molecule has 0 aliphatic rings. The number of anilines is 1. The third-order valence-electron chi connectivity index (χ3n) is 3.25. The van der Waals surface area contributed by atoms with Crippen molar-refractivity contribution in [1.29, 1.82) is 0 Å². The second-order valence-electron chi connectivity index (χ2n) is 4.47. The third-order valence-corrected chi connectivity index (χ3v) is 3.25. The summed E-state index contributed by atoms with van der Waals surface area (Å²) in [6, 6.07) is 19.8. The van der Waals surface area contributed by atoms with Crippen molar-refractivity contribution in [2.24, 2.45) is 0 Å². The monoisotopic (exact) mass is 241 g/mol. The molecule has 0 heterocycles. The molecule has 2 N–H and O–H groups in total. The summed E-state index contributed by atoms with van der Waals surface area (Å²) in [4.78, 5) is 0. The van der Waals surface area contributed by atoms with Crippen LogP contribution >= 0.6 is 0 Å². The lowest BCUT2D eigenvalue weighted by Gasteiger charge is -2.28. The third kappa shape index (κ3) is 2.90. The molecule has 1 atom stereocenters. The second-order valence-corrected chi connectivity index (χ2v) is 4.47. The molecule has 0 radical (unpaired) electrons. The Bertz CT molecular complexity index is 469. The number of nitrogens with one attached hydrogen (secondary N) is 1. The first-order valence-electron chi connectivity index (χ1n) is 6.31. The molecule has 1 unspecified atom stereocenters. The van der Waals surface area contributed by atoms with Crippen molar-refractivity contribution in [3.63, 3.8) is 0 Å². The first-order chi connectivity index (χ1) is 8.74. The molecule has 2 heteroatoms. The SMILES string of the molecule is CCC(O)(CNc1ccccc1)c1ccccc1. The quantitative estimate of drug-likeness (QED) is 0.841. The zero-order valence-corrected chi connectivity index (χ0v) is 10.6. The summed E-state index contributed by atoms with van der Waals surface area (Å²) in [5.74, 6) is 0. The Morgan fingerprint density at radius 2 is 1.50 bits per heavy atom. The highest BCUT2D eigenvalue weighted by Crippen LogP contribution is 2.25. The fourth-order valence-corrected chi connectivity index (χ4v) is 1.98. The highest BCUT2D eigenvalue weighted by atomic mass is 16.3. The maximum atomic E-state index is 10.7. The van der Waals surface area contributed by atoms with Crippen LogP contribution < -0.4 is 5.32 Å². The zero-order valence-electron chi connectivity index (χ0n) is 10.6. The normalized spacial score (nSPS) is 13.9. The summed E-state index contributed by atoms with van der Waals surface area (Å²) in [6.07, 6.45) is 0.677. The van der Waals surface area contributed by atoms with Crippen LogP contribution in [0.5, 0.6) is 0 Å². The van der Waals surface area contributed by atoms with Gasteiger partial charge in [-0.15, -0.1) is 0 Å². The molecular weight excluding hydrogens is 222 g/mol. The highest BCUT2D eigenvalue weighted by Gasteiger charge is 2.26. The van der Waals surface area contributed by atoms with Crippen LogP contribution in [0.3, 0.4) is 0 Å². The van der Waals surface area contributed by atoms with Crippen LogP contribution in [0.4, 0.5) is 5.69 Å². The molecule has 2 rings (SSSR count). The Kier molecular flexibility index (Phi) is 4.00. The molecule has 0 bridgehead atoms. The number of hydrogen-bond acceptors (Lipinski definition) is 2. The van der Waals surface area contributed by atoms with E-state index >= 15 is 0 Å². The maximum absolute atomic E-state index is 10.7. The van der Waals surface area contributed by atoms with E-state index < -0.39 is 5.60 Å². The number of benzene rings is 2. The Hall–Kier alpha value is -1.80. The van der Waals surface area contributed by atoms with Gasteiger partial charge >= 0.3 is 0 Å². The van der Waals surface area contributed by atoms with Gasteiger partial charge in [0.1, 0.15) is 5.60 Å². The van der Waals surface area contributed by atoms with Gasteiger partial charge in [-0.3, -0.25) is 0 Å². The molecular formula is C16H19NO. The molecule has 0 amide bonds. The lowest BCUT2D eigenvalue weighted by molar-refractivity contribution is 0.0464. The van der Waals surface area contributed by atoms with E-state index in [4.69, 9.17) is 0 Å². The second kappa shape index (κ2) is 5.69. The zero-order chi connectivity index (χ0) is 12.8. The van der Waals surface area contributed by atoms with E-state index in [9.17, 15) is 5.11 Å². The maximum Gasteiger partial charge on any atom is 0.106 e. The van der Waals surface area contributed by atoms with E-state index in [0.29, 0.717) is 13.0 Å². The highest BCUT2D eigenvalue weighted by molar-refractivity contribution is 5.43. The largest absolute Gasteiger partial charge is 0.383 e. The van der Waals surface area contributed by atoms with Gasteiger partial charge in [-0.1, -0.05) is 55.5 Å². The van der Waals surface area contributed by atoms with Gasteiger partial charge in [-0.25, -0.2) is 0 Å². The Balaban J connectivity index is 2.10. The van der Waals surface area contributed by atoms with Gasteiger partial charge in [0.2, 0.25) is 0 Å². The van der Waals surface area contributed by atoms with Crippen molar-refractivity contribution >= 4 is 5.69 Å². The molecule has 0 aromatic heterocycles. The summed E-state index contributed by atoms with van der Waals surface area (Å²) in [7, 11) is 0. The van der Waals surface area contributed by atoms with Gasteiger partial charge in [-0.2, -0.15) is 0 Å². The lowest BCUT2D eigenvalue weighted by atomic mass is 9.91. The van der Waals surface area contributed by atoms with Crippen LogP contribution in [-0.2, 0) is 5.60 Å². The van der Waals surface area contributed by atoms with Gasteiger partial charge in [0.15, 0.2) is 0 Å². The first-order valence-corrected chi connectivity index (χ1v) is 6.31. The van der Waals surface area contributed by atoms with Crippen molar-refractivity contribution in [3.05, 3.63) is 66.2 Å². The number of rotatable bonds is 5.